The molecular formula is C13H16N2O5S. The van der Waals surface area contributed by atoms with Gasteiger partial charge < -0.3 is 10.0 Å². The van der Waals surface area contributed by atoms with Crippen molar-refractivity contribution in [2.75, 3.05) is 13.1 Å². The first-order chi connectivity index (χ1) is 9.93. The number of aliphatic carboxylic acids is 1. The van der Waals surface area contributed by atoms with Crippen LogP contribution in [0.3, 0.4) is 0 Å². The summed E-state index contributed by atoms with van der Waals surface area (Å²) in [5.74, 6) is -1.25. The monoisotopic (exact) mass is 312 g/mol. The summed E-state index contributed by atoms with van der Waals surface area (Å²) in [6.07, 6.45) is 3.43. The van der Waals surface area contributed by atoms with E-state index in [2.05, 4.69) is 0 Å². The third kappa shape index (κ3) is 5.74. The lowest BCUT2D eigenvalue weighted by Gasteiger charge is -2.19. The van der Waals surface area contributed by atoms with Crippen LogP contribution in [0.5, 0.6) is 0 Å². The molecule has 1 amide bonds. The van der Waals surface area contributed by atoms with E-state index in [1.165, 1.54) is 23.1 Å². The summed E-state index contributed by atoms with van der Waals surface area (Å²) in [5, 5.41) is 19.2. The van der Waals surface area contributed by atoms with Gasteiger partial charge in [0.2, 0.25) is 5.91 Å². The molecule has 1 rings (SSSR count). The predicted molar refractivity (Wildman–Crippen MR) is 79.1 cm³/mol. The van der Waals surface area contributed by atoms with E-state index in [1.54, 1.807) is 6.07 Å². The smallest absolute Gasteiger partial charge is 0.324 e. The Bertz CT molecular complexity index is 553. The Morgan fingerprint density at radius 2 is 2.14 bits per heavy atom. The van der Waals surface area contributed by atoms with Crippen LogP contribution < -0.4 is 0 Å². The number of nitrogens with zero attached hydrogens (tertiary/aromatic N) is 2. The maximum Gasteiger partial charge on any atom is 0.324 e. The van der Waals surface area contributed by atoms with Crippen LogP contribution in [0, 0.1) is 10.1 Å². The van der Waals surface area contributed by atoms with Crippen LogP contribution in [-0.4, -0.2) is 39.9 Å². The Labute approximate surface area is 125 Å². The minimum atomic E-state index is -0.957. The van der Waals surface area contributed by atoms with Crippen LogP contribution in [0.1, 0.15) is 24.6 Å². The normalized spacial score (nSPS) is 10.7. The maximum absolute atomic E-state index is 12.0. The SMILES string of the molecule is CCCN(CCC(=O)O)C(=O)/C=C/c1ccc([N+](=O)[O-])s1. The predicted octanol–water partition coefficient (Wildman–Crippen LogP) is 2.38. The second kappa shape index (κ2) is 8.15. The Kier molecular flexibility index (Phi) is 6.54. The molecule has 21 heavy (non-hydrogen) atoms. The average Bonchev–Trinajstić information content (AvgIpc) is 2.89. The van der Waals surface area contributed by atoms with Gasteiger partial charge in [0.25, 0.3) is 0 Å². The fourth-order valence-electron chi connectivity index (χ4n) is 1.62. The Hall–Kier alpha value is -2.22. The number of hydrogen-bond acceptors (Lipinski definition) is 5. The van der Waals surface area contributed by atoms with Crippen molar-refractivity contribution in [3.8, 4) is 0 Å². The van der Waals surface area contributed by atoms with E-state index in [1.807, 2.05) is 6.92 Å². The number of nitro groups is 1. The van der Waals surface area contributed by atoms with Gasteiger partial charge in [-0.25, -0.2) is 0 Å². The van der Waals surface area contributed by atoms with E-state index >= 15 is 0 Å². The molecule has 7 nitrogen and oxygen atoms in total. The second-order valence-electron chi connectivity index (χ2n) is 4.24. The lowest BCUT2D eigenvalue weighted by molar-refractivity contribution is -0.380. The molecule has 0 spiro atoms. The average molecular weight is 312 g/mol. The van der Waals surface area contributed by atoms with Gasteiger partial charge in [0.1, 0.15) is 0 Å². The molecule has 1 N–H and O–H groups in total. The maximum atomic E-state index is 12.0. The fourth-order valence-corrected chi connectivity index (χ4v) is 2.35. The van der Waals surface area contributed by atoms with Crippen LogP contribution in [-0.2, 0) is 9.59 Å². The number of amides is 1. The molecule has 0 atom stereocenters. The van der Waals surface area contributed by atoms with Crippen LogP contribution in [0.2, 0.25) is 0 Å². The van der Waals surface area contributed by atoms with E-state index in [4.69, 9.17) is 5.11 Å². The van der Waals surface area contributed by atoms with Crippen LogP contribution >= 0.6 is 11.3 Å². The fraction of sp³-hybridized carbons (Fsp3) is 0.385. The standard InChI is InChI=1S/C13H16N2O5S/c1-2-8-14(9-7-13(17)18)11(16)5-3-10-4-6-12(21-10)15(19)20/h3-6H,2,7-9H2,1H3,(H,17,18)/b5-3+. The van der Waals surface area contributed by atoms with E-state index in [-0.39, 0.29) is 23.9 Å². The van der Waals surface area contributed by atoms with Crippen molar-refractivity contribution in [3.63, 3.8) is 0 Å². The Morgan fingerprint density at radius 1 is 1.43 bits per heavy atom. The molecule has 1 heterocycles. The highest BCUT2D eigenvalue weighted by atomic mass is 32.1. The molecular weight excluding hydrogens is 296 g/mol. The Morgan fingerprint density at radius 3 is 2.67 bits per heavy atom. The van der Waals surface area contributed by atoms with Crippen molar-refractivity contribution < 1.29 is 19.6 Å². The minimum Gasteiger partial charge on any atom is -0.481 e. The lowest BCUT2D eigenvalue weighted by atomic mass is 10.3. The molecule has 114 valence electrons. The lowest BCUT2D eigenvalue weighted by Crippen LogP contribution is -2.32. The number of carbonyl (C=O) groups excluding carboxylic acids is 1. The number of carbonyl (C=O) groups is 2. The van der Waals surface area contributed by atoms with E-state index < -0.39 is 10.9 Å². The summed E-state index contributed by atoms with van der Waals surface area (Å²) in [6, 6.07) is 2.94. The first-order valence-electron chi connectivity index (χ1n) is 6.37. The molecule has 0 saturated heterocycles. The third-order valence-corrected chi connectivity index (χ3v) is 3.59. The molecule has 0 radical (unpaired) electrons. The van der Waals surface area contributed by atoms with Gasteiger partial charge in [0, 0.05) is 30.1 Å². The van der Waals surface area contributed by atoms with Crippen molar-refractivity contribution in [3.05, 3.63) is 33.2 Å². The molecule has 1 aromatic rings. The molecule has 0 aromatic carbocycles. The van der Waals surface area contributed by atoms with Crippen molar-refractivity contribution in [1.29, 1.82) is 0 Å². The number of hydrogen-bond donors (Lipinski definition) is 1. The molecule has 0 bridgehead atoms. The molecule has 0 aliphatic rings. The summed E-state index contributed by atoms with van der Waals surface area (Å²) >= 11 is 0.976. The van der Waals surface area contributed by atoms with Crippen LogP contribution in [0.25, 0.3) is 6.08 Å². The molecule has 8 heteroatoms. The highest BCUT2D eigenvalue weighted by molar-refractivity contribution is 7.16. The number of carboxylic acid groups (broad SMARTS) is 1. The molecule has 0 aliphatic carbocycles. The zero-order valence-electron chi connectivity index (χ0n) is 11.5. The molecule has 0 fully saturated rings. The van der Waals surface area contributed by atoms with Crippen molar-refractivity contribution >= 4 is 34.3 Å². The first-order valence-corrected chi connectivity index (χ1v) is 7.18. The summed E-state index contributed by atoms with van der Waals surface area (Å²) in [6.45, 7) is 2.52. The van der Waals surface area contributed by atoms with Crippen molar-refractivity contribution in [1.82, 2.24) is 4.90 Å². The van der Waals surface area contributed by atoms with Crippen LogP contribution in [0.15, 0.2) is 18.2 Å². The highest BCUT2D eigenvalue weighted by Crippen LogP contribution is 2.24. The van der Waals surface area contributed by atoms with E-state index in [9.17, 15) is 19.7 Å². The highest BCUT2D eigenvalue weighted by Gasteiger charge is 2.12. The van der Waals surface area contributed by atoms with Gasteiger partial charge in [-0.2, -0.15) is 0 Å². The van der Waals surface area contributed by atoms with Gasteiger partial charge in [-0.05, 0) is 18.6 Å². The van der Waals surface area contributed by atoms with Gasteiger partial charge in [-0.15, -0.1) is 0 Å². The minimum absolute atomic E-state index is 0.0124. The van der Waals surface area contributed by atoms with Gasteiger partial charge in [0.05, 0.1) is 11.3 Å². The summed E-state index contributed by atoms with van der Waals surface area (Å²) < 4.78 is 0. The van der Waals surface area contributed by atoms with Crippen molar-refractivity contribution in [2.24, 2.45) is 0 Å². The molecule has 0 saturated carbocycles. The second-order valence-corrected chi connectivity index (χ2v) is 5.33. The third-order valence-electron chi connectivity index (χ3n) is 2.58. The summed E-state index contributed by atoms with van der Waals surface area (Å²) in [7, 11) is 0. The number of carboxylic acids is 1. The summed E-state index contributed by atoms with van der Waals surface area (Å²) in [4.78, 5) is 34.7. The topological polar surface area (TPSA) is 101 Å². The zero-order valence-corrected chi connectivity index (χ0v) is 12.3. The molecule has 0 unspecified atom stereocenters. The van der Waals surface area contributed by atoms with Gasteiger partial charge in [-0.1, -0.05) is 18.3 Å². The van der Waals surface area contributed by atoms with Gasteiger partial charge in [-0.3, -0.25) is 19.7 Å². The van der Waals surface area contributed by atoms with Crippen molar-refractivity contribution in [2.45, 2.75) is 19.8 Å². The number of thiophene rings is 1. The van der Waals surface area contributed by atoms with Gasteiger partial charge in [0.15, 0.2) is 0 Å². The van der Waals surface area contributed by atoms with E-state index in [0.29, 0.717) is 11.4 Å². The largest absolute Gasteiger partial charge is 0.481 e. The summed E-state index contributed by atoms with van der Waals surface area (Å²) in [5.41, 5.74) is 0. The van der Waals surface area contributed by atoms with Gasteiger partial charge >= 0.3 is 11.0 Å². The zero-order chi connectivity index (χ0) is 15.8. The Balaban J connectivity index is 2.67. The van der Waals surface area contributed by atoms with E-state index in [0.717, 1.165) is 17.8 Å². The number of rotatable bonds is 8. The molecule has 1 aromatic heterocycles. The first kappa shape index (κ1) is 16.8. The molecule has 0 aliphatic heterocycles. The van der Waals surface area contributed by atoms with Crippen LogP contribution in [0.4, 0.5) is 5.00 Å². The quantitative estimate of drug-likeness (QED) is 0.451.